The Morgan fingerprint density at radius 2 is 1.50 bits per heavy atom. The Labute approximate surface area is 300 Å². The highest BCUT2D eigenvalue weighted by molar-refractivity contribution is 7.92. The Morgan fingerprint density at radius 3 is 2.08 bits per heavy atom. The maximum Gasteiger partial charge on any atom is 0.315 e. The Balaban J connectivity index is 1.88. The molecule has 1 aliphatic carbocycles. The van der Waals surface area contributed by atoms with Crippen LogP contribution in [0.25, 0.3) is 0 Å². The summed E-state index contributed by atoms with van der Waals surface area (Å²) in [4.78, 5) is 69.6. The van der Waals surface area contributed by atoms with Gasteiger partial charge in [-0.25, -0.2) is 13.2 Å². The largest absolute Gasteiger partial charge is 0.349 e. The van der Waals surface area contributed by atoms with Gasteiger partial charge in [0.1, 0.15) is 12.1 Å². The highest BCUT2D eigenvalue weighted by Gasteiger charge is 2.45. The molecule has 1 saturated carbocycles. The third-order valence-electron chi connectivity index (χ3n) is 10.9. The zero-order valence-corrected chi connectivity index (χ0v) is 32.4. The van der Waals surface area contributed by atoms with Gasteiger partial charge in [0.05, 0.1) is 22.1 Å². The summed E-state index contributed by atoms with van der Waals surface area (Å²) in [5.74, 6) is -2.18. The molecule has 0 aromatic heterocycles. The molecule has 2 heterocycles. The van der Waals surface area contributed by atoms with Gasteiger partial charge in [-0.3, -0.25) is 19.2 Å². The summed E-state index contributed by atoms with van der Waals surface area (Å²) in [6.45, 7) is 11.7. The molecule has 3 fully saturated rings. The first-order valence-corrected chi connectivity index (χ1v) is 20.9. The van der Waals surface area contributed by atoms with Crippen LogP contribution in [0.15, 0.2) is 0 Å². The van der Waals surface area contributed by atoms with E-state index < -0.39 is 61.9 Å². The van der Waals surface area contributed by atoms with E-state index in [4.69, 9.17) is 0 Å². The number of sulfone groups is 1. The molecule has 13 heteroatoms. The normalized spacial score (nSPS) is 26.1. The van der Waals surface area contributed by atoms with E-state index in [0.29, 0.717) is 64.5 Å². The topological polar surface area (TPSA) is 171 Å². The molecule has 12 nitrogen and oxygen atoms in total. The van der Waals surface area contributed by atoms with Crippen LogP contribution in [-0.2, 0) is 29.0 Å². The maximum atomic E-state index is 14.4. The monoisotopic (exact) mass is 723 g/mol. The molecular weight excluding hydrogens is 659 g/mol. The van der Waals surface area contributed by atoms with Crippen LogP contribution in [0.5, 0.6) is 0 Å². The van der Waals surface area contributed by atoms with E-state index in [1.54, 1.807) is 25.7 Å². The first-order chi connectivity index (χ1) is 23.5. The number of rotatable bonds is 9. The van der Waals surface area contributed by atoms with Gasteiger partial charge in [-0.05, 0) is 71.1 Å². The molecule has 4 N–H and O–H groups in total. The molecule has 2 saturated heterocycles. The summed E-state index contributed by atoms with van der Waals surface area (Å²) in [7, 11) is -3.55. The third kappa shape index (κ3) is 11.7. The first-order valence-electron chi connectivity index (χ1n) is 19.2. The molecule has 50 heavy (non-hydrogen) atoms. The lowest BCUT2D eigenvalue weighted by molar-refractivity contribution is -0.143. The molecule has 0 spiro atoms. The van der Waals surface area contributed by atoms with Gasteiger partial charge in [0.25, 0.3) is 5.91 Å². The highest BCUT2D eigenvalue weighted by atomic mass is 32.2. The lowest BCUT2D eigenvalue weighted by Crippen LogP contribution is -2.61. The molecule has 286 valence electrons. The van der Waals surface area contributed by atoms with Gasteiger partial charge in [0.2, 0.25) is 17.6 Å². The predicted octanol–water partition coefficient (Wildman–Crippen LogP) is 4.55. The fraction of sp³-hybridized carbons (Fsp3) is 0.865. The van der Waals surface area contributed by atoms with Gasteiger partial charge in [-0.2, -0.15) is 0 Å². The van der Waals surface area contributed by atoms with Crippen molar-refractivity contribution in [2.24, 2.45) is 11.8 Å². The third-order valence-corrected chi connectivity index (χ3v) is 13.7. The van der Waals surface area contributed by atoms with E-state index >= 15 is 0 Å². The zero-order chi connectivity index (χ0) is 37.1. The predicted molar refractivity (Wildman–Crippen MR) is 195 cm³/mol. The Hall–Kier alpha value is -2.70. The van der Waals surface area contributed by atoms with Gasteiger partial charge < -0.3 is 26.2 Å². The number of nitrogens with zero attached hydrogens (tertiary/aromatic N) is 1. The highest BCUT2D eigenvalue weighted by Crippen LogP contribution is 2.33. The van der Waals surface area contributed by atoms with Crippen molar-refractivity contribution in [3.63, 3.8) is 0 Å². The number of ketones is 1. The average molecular weight is 724 g/mol. The summed E-state index contributed by atoms with van der Waals surface area (Å²) < 4.78 is 25.7. The Bertz CT molecular complexity index is 1290. The molecule has 0 aromatic carbocycles. The number of urea groups is 1. The van der Waals surface area contributed by atoms with Crippen LogP contribution in [0.3, 0.4) is 0 Å². The summed E-state index contributed by atoms with van der Waals surface area (Å²) in [6, 6.07) is -3.33. The summed E-state index contributed by atoms with van der Waals surface area (Å²) in [5.41, 5.74) is -0.931. The molecule has 0 unspecified atom stereocenters. The fourth-order valence-electron chi connectivity index (χ4n) is 7.45. The number of fused-ring (bicyclic) bond motifs is 1. The summed E-state index contributed by atoms with van der Waals surface area (Å²) in [6.07, 6.45) is 11.5. The number of hydrogen-bond acceptors (Lipinski definition) is 7. The van der Waals surface area contributed by atoms with E-state index in [2.05, 4.69) is 21.3 Å². The zero-order valence-electron chi connectivity index (χ0n) is 31.5. The molecule has 3 aliphatic rings. The van der Waals surface area contributed by atoms with Crippen molar-refractivity contribution >= 4 is 39.4 Å². The van der Waals surface area contributed by atoms with Crippen molar-refractivity contribution in [1.82, 2.24) is 26.2 Å². The average Bonchev–Trinajstić information content (AvgIpc) is 3.50. The minimum Gasteiger partial charge on any atom is -0.349 e. The Morgan fingerprint density at radius 1 is 0.920 bits per heavy atom. The van der Waals surface area contributed by atoms with E-state index in [0.717, 1.165) is 51.4 Å². The van der Waals surface area contributed by atoms with Gasteiger partial charge in [0.15, 0.2) is 9.84 Å². The van der Waals surface area contributed by atoms with E-state index in [1.807, 2.05) is 20.8 Å². The second-order valence-electron chi connectivity index (χ2n) is 16.3. The minimum atomic E-state index is -3.55. The van der Waals surface area contributed by atoms with E-state index in [1.165, 1.54) is 0 Å². The molecule has 4 atom stereocenters. The lowest BCUT2D eigenvalue weighted by Gasteiger charge is -2.40. The van der Waals surface area contributed by atoms with Crippen molar-refractivity contribution in [3.8, 4) is 0 Å². The van der Waals surface area contributed by atoms with Crippen molar-refractivity contribution in [2.75, 3.05) is 18.8 Å². The van der Waals surface area contributed by atoms with Crippen LogP contribution in [-0.4, -0.2) is 90.1 Å². The summed E-state index contributed by atoms with van der Waals surface area (Å²) >= 11 is 0. The number of carbonyl (C=O) groups excluding carboxylic acids is 5. The molecule has 0 bridgehead atoms. The SMILES string of the molecule is CCCNC(=O)C(=O)[C@@H]1CCCCCCCCC[C@H](NC(=O)NC2(CS(=O)(=O)C(C)(C)C)CCCCC2)C(=O)N2C[C@H](C(C)C)C[C@H]2C(=O)N1. The second-order valence-corrected chi connectivity index (χ2v) is 19.1. The number of Topliss-reactive ketones (excluding diaryl/α,β-unsaturated/α-hetero) is 1. The molecule has 0 aromatic rings. The second kappa shape index (κ2) is 18.7. The standard InChI is InChI=1S/C37H65N5O7S/c1-7-22-38-33(45)31(43)28-18-14-11-9-8-10-12-15-19-29(34(46)42-24-27(26(2)3)23-30(42)32(44)39-28)40-35(47)41-37(20-16-13-17-21-37)25-50(48,49)36(4,5)6/h26-30H,7-25H2,1-6H3,(H,38,45)(H,39,44)(H2,40,41,47)/t27-,28+,29+,30+/m1/s1. The van der Waals surface area contributed by atoms with Gasteiger partial charge >= 0.3 is 6.03 Å². The van der Waals surface area contributed by atoms with Crippen LogP contribution in [0, 0.1) is 11.8 Å². The molecular formula is C37H65N5O7S. The fourth-order valence-corrected chi connectivity index (χ4v) is 8.97. The van der Waals surface area contributed by atoms with Gasteiger partial charge in [0, 0.05) is 13.1 Å². The first kappa shape index (κ1) is 41.7. The maximum absolute atomic E-state index is 14.4. The van der Waals surface area contributed by atoms with Crippen LogP contribution >= 0.6 is 0 Å². The van der Waals surface area contributed by atoms with Crippen molar-refractivity contribution in [1.29, 1.82) is 0 Å². The molecule has 0 radical (unpaired) electrons. The van der Waals surface area contributed by atoms with Crippen LogP contribution in [0.4, 0.5) is 4.79 Å². The number of amides is 5. The quantitative estimate of drug-likeness (QED) is 0.253. The van der Waals surface area contributed by atoms with E-state index in [9.17, 15) is 32.4 Å². The van der Waals surface area contributed by atoms with Crippen LogP contribution < -0.4 is 21.3 Å². The molecule has 2 aliphatic heterocycles. The van der Waals surface area contributed by atoms with E-state index in [-0.39, 0.29) is 23.5 Å². The number of carbonyl (C=O) groups is 5. The molecule has 5 amide bonds. The summed E-state index contributed by atoms with van der Waals surface area (Å²) in [5, 5.41) is 11.4. The molecule has 3 rings (SSSR count). The van der Waals surface area contributed by atoms with Crippen molar-refractivity contribution in [2.45, 2.75) is 173 Å². The lowest BCUT2D eigenvalue weighted by atomic mass is 9.83. The van der Waals surface area contributed by atoms with Gasteiger partial charge in [-0.15, -0.1) is 0 Å². The van der Waals surface area contributed by atoms with Gasteiger partial charge in [-0.1, -0.05) is 85.0 Å². The Kier molecular flexibility index (Phi) is 15.6. The number of nitrogens with one attached hydrogen (secondary N) is 4. The smallest absolute Gasteiger partial charge is 0.315 e. The minimum absolute atomic E-state index is 0.0291. The van der Waals surface area contributed by atoms with Crippen LogP contribution in [0.2, 0.25) is 0 Å². The van der Waals surface area contributed by atoms with Crippen molar-refractivity contribution in [3.05, 3.63) is 0 Å². The van der Waals surface area contributed by atoms with Crippen LogP contribution in [0.1, 0.15) is 144 Å². The van der Waals surface area contributed by atoms with Crippen molar-refractivity contribution < 1.29 is 32.4 Å². The number of hydrogen-bond donors (Lipinski definition) is 4.